The van der Waals surface area contributed by atoms with Crippen LogP contribution in [0, 0.1) is 5.82 Å². The summed E-state index contributed by atoms with van der Waals surface area (Å²) in [6.45, 7) is 0. The number of fused-ring (bicyclic) bond motifs is 1. The average molecular weight is 445 g/mol. The zero-order valence-electron chi connectivity index (χ0n) is 15.8. The Bertz CT molecular complexity index is 1330. The molecule has 3 aromatic carbocycles. The molecule has 0 spiro atoms. The molecule has 158 valence electrons. The number of halogens is 4. The Morgan fingerprint density at radius 3 is 2.52 bits per heavy atom. The second-order valence-corrected chi connectivity index (χ2v) is 7.79. The number of aromatic amines is 1. The third-order valence-electron chi connectivity index (χ3n) is 4.60. The monoisotopic (exact) mass is 445 g/mol. The van der Waals surface area contributed by atoms with Gasteiger partial charge in [0.15, 0.2) is 0 Å². The molecular weight excluding hydrogens is 430 g/mol. The van der Waals surface area contributed by atoms with Crippen LogP contribution in [0.3, 0.4) is 0 Å². The van der Waals surface area contributed by atoms with Crippen LogP contribution in [0.1, 0.15) is 17.0 Å². The zero-order valence-corrected chi connectivity index (χ0v) is 16.6. The van der Waals surface area contributed by atoms with Gasteiger partial charge in [-0.05, 0) is 59.2 Å². The maximum atomic E-state index is 13.6. The number of nitrogens with one attached hydrogen (secondary N) is 1. The minimum absolute atomic E-state index is 0.0628. The van der Waals surface area contributed by atoms with E-state index in [0.29, 0.717) is 27.8 Å². The highest BCUT2D eigenvalue weighted by atomic mass is 32.2. The molecule has 1 atom stereocenters. The molecule has 4 aromatic rings. The molecule has 1 aromatic heterocycles. The van der Waals surface area contributed by atoms with Crippen molar-refractivity contribution in [2.45, 2.75) is 11.1 Å². The summed E-state index contributed by atoms with van der Waals surface area (Å²) in [7, 11) is -1.65. The second-order valence-electron chi connectivity index (χ2n) is 6.75. The van der Waals surface area contributed by atoms with Crippen molar-refractivity contribution in [3.63, 3.8) is 0 Å². The number of benzene rings is 3. The van der Waals surface area contributed by atoms with Gasteiger partial charge in [0.05, 0.1) is 21.5 Å². The molecule has 0 bridgehead atoms. The minimum atomic E-state index is -4.63. The van der Waals surface area contributed by atoms with Crippen molar-refractivity contribution in [2.75, 3.05) is 0 Å². The number of aromatic nitrogens is 2. The van der Waals surface area contributed by atoms with Crippen LogP contribution in [0.5, 0.6) is 0 Å². The van der Waals surface area contributed by atoms with E-state index in [-0.39, 0.29) is 5.56 Å². The van der Waals surface area contributed by atoms with Crippen molar-refractivity contribution in [3.8, 4) is 11.1 Å². The summed E-state index contributed by atoms with van der Waals surface area (Å²) in [4.78, 5) is 7.93. The lowest BCUT2D eigenvalue weighted by molar-refractivity contribution is -0.137. The van der Waals surface area contributed by atoms with Crippen LogP contribution in [0.2, 0.25) is 0 Å². The molecule has 0 aliphatic rings. The van der Waals surface area contributed by atoms with Crippen molar-refractivity contribution >= 4 is 34.2 Å². The molecular formula is C22H15F4N3OS. The number of H-pyrrole nitrogens is 1. The van der Waals surface area contributed by atoms with Gasteiger partial charge in [0.2, 0.25) is 0 Å². The van der Waals surface area contributed by atoms with E-state index in [1.54, 1.807) is 24.3 Å². The van der Waals surface area contributed by atoms with Crippen LogP contribution in [0.25, 0.3) is 34.3 Å². The number of nitrogens with two attached hydrogens (primary N) is 1. The molecule has 0 amide bonds. The van der Waals surface area contributed by atoms with E-state index in [0.717, 1.165) is 23.3 Å². The molecule has 9 heteroatoms. The van der Waals surface area contributed by atoms with Gasteiger partial charge in [-0.25, -0.2) is 18.7 Å². The minimum Gasteiger partial charge on any atom is -0.338 e. The van der Waals surface area contributed by atoms with Crippen molar-refractivity contribution < 1.29 is 21.8 Å². The summed E-state index contributed by atoms with van der Waals surface area (Å²) in [5.41, 5.74) is 1.80. The Labute approximate surface area is 177 Å². The third-order valence-corrected chi connectivity index (χ3v) is 5.39. The lowest BCUT2D eigenvalue weighted by atomic mass is 10.1. The molecule has 0 aliphatic heterocycles. The van der Waals surface area contributed by atoms with Crippen LogP contribution < -0.4 is 5.14 Å². The number of hydrogen-bond acceptors (Lipinski definition) is 2. The quantitative estimate of drug-likeness (QED) is 0.405. The van der Waals surface area contributed by atoms with Crippen LogP contribution in [-0.4, -0.2) is 14.2 Å². The fourth-order valence-electron chi connectivity index (χ4n) is 3.20. The summed E-state index contributed by atoms with van der Waals surface area (Å²) in [5.74, 6) is -0.583. The molecule has 31 heavy (non-hydrogen) atoms. The fraction of sp³-hybridized carbons (Fsp3) is 0.0455. The first-order valence-electron chi connectivity index (χ1n) is 9.02. The summed E-state index contributed by atoms with van der Waals surface area (Å²) in [6, 6.07) is 14.8. The van der Waals surface area contributed by atoms with E-state index in [4.69, 9.17) is 5.14 Å². The van der Waals surface area contributed by atoms with Crippen LogP contribution in [-0.2, 0) is 17.2 Å². The van der Waals surface area contributed by atoms with Crippen LogP contribution in [0.15, 0.2) is 65.6 Å². The van der Waals surface area contributed by atoms with Gasteiger partial charge in [-0.2, -0.15) is 13.2 Å². The number of rotatable bonds is 4. The molecule has 4 rings (SSSR count). The lowest BCUT2D eigenvalue weighted by Crippen LogP contribution is -2.05. The molecule has 1 unspecified atom stereocenters. The molecule has 0 fully saturated rings. The Hall–Kier alpha value is -3.30. The van der Waals surface area contributed by atoms with Crippen molar-refractivity contribution in [1.82, 2.24) is 9.97 Å². The number of alkyl halides is 3. The first-order chi connectivity index (χ1) is 14.7. The number of hydrogen-bond donors (Lipinski definition) is 2. The highest BCUT2D eigenvalue weighted by molar-refractivity contribution is 7.82. The Kier molecular flexibility index (Phi) is 5.47. The van der Waals surface area contributed by atoms with E-state index < -0.39 is 28.5 Å². The zero-order chi connectivity index (χ0) is 22.2. The van der Waals surface area contributed by atoms with Crippen molar-refractivity contribution in [2.24, 2.45) is 5.14 Å². The normalized spacial score (nSPS) is 13.2. The van der Waals surface area contributed by atoms with Gasteiger partial charge in [0.1, 0.15) is 22.6 Å². The highest BCUT2D eigenvalue weighted by Crippen LogP contribution is 2.31. The summed E-state index contributed by atoms with van der Waals surface area (Å²) < 4.78 is 64.0. The molecule has 1 heterocycles. The maximum absolute atomic E-state index is 13.6. The fourth-order valence-corrected chi connectivity index (χ4v) is 3.82. The molecule has 4 nitrogen and oxygen atoms in total. The van der Waals surface area contributed by atoms with E-state index in [2.05, 4.69) is 9.97 Å². The van der Waals surface area contributed by atoms with Crippen molar-refractivity contribution in [1.29, 1.82) is 0 Å². The first kappa shape index (κ1) is 21.0. The molecule has 3 N–H and O–H groups in total. The topological polar surface area (TPSA) is 71.8 Å². The predicted octanol–water partition coefficient (Wildman–Crippen LogP) is 5.54. The highest BCUT2D eigenvalue weighted by Gasteiger charge is 2.31. The predicted molar refractivity (Wildman–Crippen MR) is 112 cm³/mol. The van der Waals surface area contributed by atoms with Crippen LogP contribution >= 0.6 is 0 Å². The lowest BCUT2D eigenvalue weighted by Gasteiger charge is -2.07. The van der Waals surface area contributed by atoms with E-state index in [1.165, 1.54) is 12.2 Å². The van der Waals surface area contributed by atoms with Gasteiger partial charge in [0.25, 0.3) is 0 Å². The average Bonchev–Trinajstić information content (AvgIpc) is 3.13. The first-order valence-corrected chi connectivity index (χ1v) is 10.2. The Morgan fingerprint density at radius 2 is 1.77 bits per heavy atom. The number of nitrogens with zero attached hydrogens (tertiary/aromatic N) is 1. The van der Waals surface area contributed by atoms with Gasteiger partial charge in [-0.3, -0.25) is 0 Å². The van der Waals surface area contributed by atoms with Gasteiger partial charge in [0, 0.05) is 0 Å². The molecule has 0 saturated carbocycles. The molecule has 0 aliphatic carbocycles. The van der Waals surface area contributed by atoms with Crippen molar-refractivity contribution in [3.05, 3.63) is 83.4 Å². The Morgan fingerprint density at radius 1 is 1.00 bits per heavy atom. The van der Waals surface area contributed by atoms with E-state index in [9.17, 15) is 21.8 Å². The second kappa shape index (κ2) is 8.09. The van der Waals surface area contributed by atoms with Gasteiger partial charge >= 0.3 is 6.18 Å². The maximum Gasteiger partial charge on any atom is 0.416 e. The standard InChI is InChI=1S/C22H15F4N3OS/c23-16-10-13(9-15(12-16)22(24,25)26)5-8-21-28-18-7-6-14(11-19(18)29-21)17-3-1-2-4-20(17)31(27)30/h1-12H,27H2,(H,28,29)/b8-5+. The largest absolute Gasteiger partial charge is 0.416 e. The van der Waals surface area contributed by atoms with E-state index >= 15 is 0 Å². The SMILES string of the molecule is NS(=O)c1ccccc1-c1ccc2nc(/C=C/c3cc(F)cc(C(F)(F)F)c3)[nH]c2c1. The summed E-state index contributed by atoms with van der Waals surface area (Å²) in [5, 5.41) is 5.56. The van der Waals surface area contributed by atoms with Gasteiger partial charge < -0.3 is 4.98 Å². The third kappa shape index (κ3) is 4.57. The Balaban J connectivity index is 1.67. The molecule has 0 radical (unpaired) electrons. The van der Waals surface area contributed by atoms with Crippen LogP contribution in [0.4, 0.5) is 17.6 Å². The van der Waals surface area contributed by atoms with Gasteiger partial charge in [-0.1, -0.05) is 30.3 Å². The molecule has 0 saturated heterocycles. The van der Waals surface area contributed by atoms with Gasteiger partial charge in [-0.15, -0.1) is 0 Å². The summed E-state index contributed by atoms with van der Waals surface area (Å²) in [6.07, 6.45) is -1.81. The number of imidazole rings is 1. The smallest absolute Gasteiger partial charge is 0.338 e. The summed E-state index contributed by atoms with van der Waals surface area (Å²) >= 11 is 0. The van der Waals surface area contributed by atoms with E-state index in [1.807, 2.05) is 18.2 Å².